The van der Waals surface area contributed by atoms with E-state index in [0.717, 1.165) is 16.9 Å². The van der Waals surface area contributed by atoms with Crippen molar-refractivity contribution in [2.45, 2.75) is 45.8 Å². The summed E-state index contributed by atoms with van der Waals surface area (Å²) in [5, 5.41) is 10.00. The monoisotopic (exact) mass is 252 g/mol. The SMILES string of the molecule is COc1ccc(C)cc1CC(O)COC(C)(C)C. The maximum absolute atomic E-state index is 10.00. The van der Waals surface area contributed by atoms with Crippen molar-refractivity contribution in [1.29, 1.82) is 0 Å². The Kier molecular flexibility index (Phi) is 5.17. The van der Waals surface area contributed by atoms with Gasteiger partial charge in [0.25, 0.3) is 0 Å². The number of methoxy groups -OCH3 is 1. The van der Waals surface area contributed by atoms with E-state index in [1.165, 1.54) is 0 Å². The van der Waals surface area contributed by atoms with E-state index in [-0.39, 0.29) is 5.60 Å². The first-order valence-electron chi connectivity index (χ1n) is 6.27. The maximum Gasteiger partial charge on any atom is 0.122 e. The van der Waals surface area contributed by atoms with E-state index in [1.807, 2.05) is 45.9 Å². The van der Waals surface area contributed by atoms with Crippen LogP contribution in [0.2, 0.25) is 0 Å². The van der Waals surface area contributed by atoms with E-state index in [1.54, 1.807) is 7.11 Å². The van der Waals surface area contributed by atoms with Gasteiger partial charge in [-0.2, -0.15) is 0 Å². The summed E-state index contributed by atoms with van der Waals surface area (Å²) in [5.74, 6) is 0.815. The van der Waals surface area contributed by atoms with Crippen molar-refractivity contribution in [3.8, 4) is 5.75 Å². The predicted octanol–water partition coefficient (Wildman–Crippen LogP) is 2.72. The molecule has 1 atom stereocenters. The molecule has 0 saturated heterocycles. The summed E-state index contributed by atoms with van der Waals surface area (Å²) in [5.41, 5.74) is 1.95. The maximum atomic E-state index is 10.00. The predicted molar refractivity (Wildman–Crippen MR) is 73.1 cm³/mol. The fraction of sp³-hybridized carbons (Fsp3) is 0.600. The molecule has 102 valence electrons. The lowest BCUT2D eigenvalue weighted by Crippen LogP contribution is -2.27. The molecule has 1 rings (SSSR count). The first kappa shape index (κ1) is 15.0. The molecule has 1 aromatic rings. The molecular weight excluding hydrogens is 228 g/mol. The summed E-state index contributed by atoms with van der Waals surface area (Å²) in [6.45, 7) is 8.30. The van der Waals surface area contributed by atoms with E-state index in [0.29, 0.717) is 13.0 Å². The second kappa shape index (κ2) is 6.21. The number of aliphatic hydroxyl groups excluding tert-OH is 1. The van der Waals surface area contributed by atoms with E-state index in [2.05, 4.69) is 0 Å². The van der Waals surface area contributed by atoms with Gasteiger partial charge in [0.15, 0.2) is 0 Å². The minimum atomic E-state index is -0.514. The Balaban J connectivity index is 2.63. The zero-order chi connectivity index (χ0) is 13.8. The molecule has 0 heterocycles. The Morgan fingerprint density at radius 3 is 2.50 bits per heavy atom. The van der Waals surface area contributed by atoms with Gasteiger partial charge in [-0.25, -0.2) is 0 Å². The normalized spacial score (nSPS) is 13.4. The summed E-state index contributed by atoms with van der Waals surface area (Å²) in [6.07, 6.45) is 0.0286. The van der Waals surface area contributed by atoms with Crippen LogP contribution in [0.1, 0.15) is 31.9 Å². The van der Waals surface area contributed by atoms with Crippen LogP contribution in [-0.2, 0) is 11.2 Å². The highest BCUT2D eigenvalue weighted by atomic mass is 16.5. The summed E-state index contributed by atoms with van der Waals surface area (Å²) in [7, 11) is 1.65. The summed E-state index contributed by atoms with van der Waals surface area (Å²) in [6, 6.07) is 5.97. The molecule has 0 spiro atoms. The molecule has 0 aliphatic carbocycles. The van der Waals surface area contributed by atoms with Gasteiger partial charge in [0.1, 0.15) is 5.75 Å². The number of benzene rings is 1. The zero-order valence-corrected chi connectivity index (χ0v) is 12.0. The molecule has 3 nitrogen and oxygen atoms in total. The van der Waals surface area contributed by atoms with Gasteiger partial charge in [0, 0.05) is 6.42 Å². The van der Waals surface area contributed by atoms with E-state index < -0.39 is 6.10 Å². The molecule has 1 aromatic carbocycles. The van der Waals surface area contributed by atoms with Crippen molar-refractivity contribution in [2.24, 2.45) is 0 Å². The van der Waals surface area contributed by atoms with Crippen LogP contribution in [0, 0.1) is 6.92 Å². The highest BCUT2D eigenvalue weighted by molar-refractivity contribution is 5.37. The number of aryl methyl sites for hydroxylation is 1. The molecule has 0 radical (unpaired) electrons. The van der Waals surface area contributed by atoms with Crippen LogP contribution in [0.15, 0.2) is 18.2 Å². The van der Waals surface area contributed by atoms with Gasteiger partial charge in [0.05, 0.1) is 25.4 Å². The Morgan fingerprint density at radius 2 is 1.94 bits per heavy atom. The Hall–Kier alpha value is -1.06. The molecule has 0 fully saturated rings. The standard InChI is InChI=1S/C15H24O3/c1-11-6-7-14(17-5)12(8-11)9-13(16)10-18-15(2,3)4/h6-8,13,16H,9-10H2,1-5H3. The highest BCUT2D eigenvalue weighted by Gasteiger charge is 2.15. The van der Waals surface area contributed by atoms with Crippen molar-refractivity contribution < 1.29 is 14.6 Å². The molecule has 0 bridgehead atoms. The van der Waals surface area contributed by atoms with Crippen LogP contribution in [0.25, 0.3) is 0 Å². The van der Waals surface area contributed by atoms with Gasteiger partial charge < -0.3 is 14.6 Å². The second-order valence-corrected chi connectivity index (χ2v) is 5.60. The van der Waals surface area contributed by atoms with Crippen molar-refractivity contribution >= 4 is 0 Å². The van der Waals surface area contributed by atoms with Crippen LogP contribution in [0.3, 0.4) is 0 Å². The number of hydrogen-bond donors (Lipinski definition) is 1. The first-order valence-corrected chi connectivity index (χ1v) is 6.27. The third-order valence-corrected chi connectivity index (χ3v) is 2.60. The molecule has 18 heavy (non-hydrogen) atoms. The number of ether oxygens (including phenoxy) is 2. The van der Waals surface area contributed by atoms with Gasteiger partial charge >= 0.3 is 0 Å². The van der Waals surface area contributed by atoms with Gasteiger partial charge in [-0.05, 0) is 39.3 Å². The molecule has 1 N–H and O–H groups in total. The zero-order valence-electron chi connectivity index (χ0n) is 12.0. The molecule has 0 saturated carbocycles. The topological polar surface area (TPSA) is 38.7 Å². The van der Waals surface area contributed by atoms with Crippen molar-refractivity contribution in [1.82, 2.24) is 0 Å². The average molecular weight is 252 g/mol. The summed E-state index contributed by atoms with van der Waals surface area (Å²) < 4.78 is 10.9. The number of hydrogen-bond acceptors (Lipinski definition) is 3. The first-order chi connectivity index (χ1) is 8.31. The van der Waals surface area contributed by atoms with Gasteiger partial charge in [0.2, 0.25) is 0 Å². The van der Waals surface area contributed by atoms with Crippen LogP contribution < -0.4 is 4.74 Å². The van der Waals surface area contributed by atoms with Crippen molar-refractivity contribution in [2.75, 3.05) is 13.7 Å². The Labute approximate surface area is 110 Å². The molecule has 1 unspecified atom stereocenters. The molecular formula is C15H24O3. The van der Waals surface area contributed by atoms with Gasteiger partial charge in [-0.1, -0.05) is 17.7 Å². The molecule has 3 heteroatoms. The van der Waals surface area contributed by atoms with Crippen molar-refractivity contribution in [3.05, 3.63) is 29.3 Å². The van der Waals surface area contributed by atoms with E-state index >= 15 is 0 Å². The fourth-order valence-corrected chi connectivity index (χ4v) is 1.73. The molecule has 0 aliphatic heterocycles. The van der Waals surface area contributed by atoms with Crippen molar-refractivity contribution in [3.63, 3.8) is 0 Å². The Bertz CT molecular complexity index is 380. The molecule has 0 amide bonds. The Morgan fingerprint density at radius 1 is 1.28 bits per heavy atom. The third-order valence-electron chi connectivity index (χ3n) is 2.60. The molecule has 0 aromatic heterocycles. The summed E-state index contributed by atoms with van der Waals surface area (Å²) >= 11 is 0. The minimum Gasteiger partial charge on any atom is -0.496 e. The largest absolute Gasteiger partial charge is 0.496 e. The highest BCUT2D eigenvalue weighted by Crippen LogP contribution is 2.21. The lowest BCUT2D eigenvalue weighted by Gasteiger charge is -2.22. The average Bonchev–Trinajstić information content (AvgIpc) is 2.26. The lowest BCUT2D eigenvalue weighted by atomic mass is 10.0. The fourth-order valence-electron chi connectivity index (χ4n) is 1.73. The van der Waals surface area contributed by atoms with Crippen LogP contribution in [0.4, 0.5) is 0 Å². The second-order valence-electron chi connectivity index (χ2n) is 5.60. The lowest BCUT2D eigenvalue weighted by molar-refractivity contribution is -0.0483. The minimum absolute atomic E-state index is 0.225. The smallest absolute Gasteiger partial charge is 0.122 e. The van der Waals surface area contributed by atoms with Crippen LogP contribution in [-0.4, -0.2) is 30.5 Å². The third kappa shape index (κ3) is 5.07. The van der Waals surface area contributed by atoms with Gasteiger partial charge in [-0.3, -0.25) is 0 Å². The van der Waals surface area contributed by atoms with Crippen LogP contribution >= 0.6 is 0 Å². The van der Waals surface area contributed by atoms with E-state index in [4.69, 9.17) is 9.47 Å². The number of rotatable bonds is 5. The van der Waals surface area contributed by atoms with E-state index in [9.17, 15) is 5.11 Å². The molecule has 0 aliphatic rings. The van der Waals surface area contributed by atoms with Crippen LogP contribution in [0.5, 0.6) is 5.75 Å². The van der Waals surface area contributed by atoms with Gasteiger partial charge in [-0.15, -0.1) is 0 Å². The number of aliphatic hydroxyl groups is 1. The summed E-state index contributed by atoms with van der Waals surface area (Å²) in [4.78, 5) is 0. The quantitative estimate of drug-likeness (QED) is 0.875.